The van der Waals surface area contributed by atoms with Crippen LogP contribution >= 0.6 is 0 Å². The molecule has 0 radical (unpaired) electrons. The van der Waals surface area contributed by atoms with Gasteiger partial charge in [-0.15, -0.1) is 0 Å². The fourth-order valence-electron chi connectivity index (χ4n) is 1.79. The third-order valence-electron chi connectivity index (χ3n) is 2.72. The zero-order valence-corrected chi connectivity index (χ0v) is 11.0. The zero-order chi connectivity index (χ0) is 14.0. The van der Waals surface area contributed by atoms with Crippen LogP contribution in [-0.2, 0) is 4.74 Å². The Kier molecular flexibility index (Phi) is 3.59. The summed E-state index contributed by atoms with van der Waals surface area (Å²) in [4.78, 5) is 15.7. The largest absolute Gasteiger partial charge is 0.462 e. The van der Waals surface area contributed by atoms with Crippen LogP contribution in [0.4, 0.5) is 4.39 Å². The Labute approximate surface area is 110 Å². The van der Waals surface area contributed by atoms with Crippen molar-refractivity contribution in [1.29, 1.82) is 0 Å². The van der Waals surface area contributed by atoms with E-state index < -0.39 is 11.8 Å². The number of carbonyl (C=O) groups is 1. The molecule has 0 aliphatic rings. The van der Waals surface area contributed by atoms with Gasteiger partial charge in [0.05, 0.1) is 24.7 Å². The Morgan fingerprint density at radius 3 is 2.79 bits per heavy atom. The highest BCUT2D eigenvalue weighted by atomic mass is 19.1. The molecule has 0 fully saturated rings. The second-order valence-electron chi connectivity index (χ2n) is 4.07. The Bertz CT molecular complexity index is 622. The highest BCUT2D eigenvalue weighted by Gasteiger charge is 2.17. The van der Waals surface area contributed by atoms with Crippen molar-refractivity contribution in [2.45, 2.75) is 20.8 Å². The summed E-state index contributed by atoms with van der Waals surface area (Å²) in [6, 6.07) is 1.37. The van der Waals surface area contributed by atoms with E-state index in [2.05, 4.69) is 10.1 Å². The van der Waals surface area contributed by atoms with Gasteiger partial charge in [0.15, 0.2) is 5.82 Å². The van der Waals surface area contributed by atoms with E-state index in [0.29, 0.717) is 29.2 Å². The van der Waals surface area contributed by atoms with Crippen LogP contribution in [0.3, 0.4) is 0 Å². The average molecular weight is 263 g/mol. The van der Waals surface area contributed by atoms with Crippen LogP contribution in [0, 0.1) is 19.7 Å². The molecule has 6 heteroatoms. The first kappa shape index (κ1) is 13.2. The first-order valence-electron chi connectivity index (χ1n) is 5.88. The molecule has 19 heavy (non-hydrogen) atoms. The van der Waals surface area contributed by atoms with Crippen molar-refractivity contribution >= 4 is 5.97 Å². The minimum atomic E-state index is -0.425. The van der Waals surface area contributed by atoms with Gasteiger partial charge in [0.1, 0.15) is 11.4 Å². The van der Waals surface area contributed by atoms with E-state index in [1.54, 1.807) is 20.8 Å². The van der Waals surface area contributed by atoms with E-state index in [-0.39, 0.29) is 0 Å². The number of carbonyl (C=O) groups excluding carboxylic acids is 1. The fourth-order valence-corrected chi connectivity index (χ4v) is 1.79. The number of aryl methyl sites for hydroxylation is 1. The summed E-state index contributed by atoms with van der Waals surface area (Å²) in [6.07, 6.45) is 2.55. The molecule has 0 saturated heterocycles. The van der Waals surface area contributed by atoms with Crippen molar-refractivity contribution in [3.63, 3.8) is 0 Å². The minimum Gasteiger partial charge on any atom is -0.462 e. The first-order valence-corrected chi connectivity index (χ1v) is 5.88. The van der Waals surface area contributed by atoms with Crippen LogP contribution in [0.15, 0.2) is 18.5 Å². The average Bonchev–Trinajstić information content (AvgIpc) is 2.72. The number of hydrogen-bond donors (Lipinski definition) is 0. The molecule has 0 aliphatic heterocycles. The van der Waals surface area contributed by atoms with Crippen LogP contribution in [0.5, 0.6) is 0 Å². The molecular weight excluding hydrogens is 249 g/mol. The Balaban J connectivity index is 2.44. The van der Waals surface area contributed by atoms with Crippen molar-refractivity contribution < 1.29 is 13.9 Å². The van der Waals surface area contributed by atoms with Crippen LogP contribution in [-0.4, -0.2) is 27.3 Å². The number of rotatable bonds is 3. The highest BCUT2D eigenvalue weighted by Crippen LogP contribution is 2.17. The van der Waals surface area contributed by atoms with Gasteiger partial charge >= 0.3 is 5.97 Å². The summed E-state index contributed by atoms with van der Waals surface area (Å²) in [5.41, 5.74) is 1.63. The van der Waals surface area contributed by atoms with Crippen LogP contribution < -0.4 is 0 Å². The van der Waals surface area contributed by atoms with Gasteiger partial charge in [-0.2, -0.15) is 5.10 Å². The van der Waals surface area contributed by atoms with Crippen molar-refractivity contribution in [3.05, 3.63) is 41.1 Å². The topological polar surface area (TPSA) is 57.0 Å². The van der Waals surface area contributed by atoms with E-state index >= 15 is 0 Å². The molecule has 0 aliphatic carbocycles. The zero-order valence-electron chi connectivity index (χ0n) is 11.0. The predicted octanol–water partition coefficient (Wildman–Crippen LogP) is 2.20. The van der Waals surface area contributed by atoms with Gasteiger partial charge in [-0.1, -0.05) is 0 Å². The monoisotopic (exact) mass is 263 g/mol. The third kappa shape index (κ3) is 2.47. The lowest BCUT2D eigenvalue weighted by Crippen LogP contribution is -2.08. The molecule has 100 valence electrons. The number of aromatic nitrogens is 3. The predicted molar refractivity (Wildman–Crippen MR) is 66.7 cm³/mol. The molecule has 0 saturated carbocycles. The normalized spacial score (nSPS) is 10.5. The van der Waals surface area contributed by atoms with E-state index in [4.69, 9.17) is 4.74 Å². The summed E-state index contributed by atoms with van der Waals surface area (Å²) >= 11 is 0. The molecule has 0 unspecified atom stereocenters. The second-order valence-corrected chi connectivity index (χ2v) is 4.07. The number of ether oxygens (including phenoxy) is 1. The van der Waals surface area contributed by atoms with Gasteiger partial charge in [0.2, 0.25) is 0 Å². The fraction of sp³-hybridized carbons (Fsp3) is 0.308. The number of pyridine rings is 1. The van der Waals surface area contributed by atoms with Crippen molar-refractivity contribution in [2.75, 3.05) is 6.61 Å². The molecule has 0 spiro atoms. The maximum atomic E-state index is 13.0. The van der Waals surface area contributed by atoms with Crippen LogP contribution in [0.25, 0.3) is 5.82 Å². The number of halogens is 1. The summed E-state index contributed by atoms with van der Waals surface area (Å²) in [5, 5.41) is 4.11. The lowest BCUT2D eigenvalue weighted by atomic mass is 10.2. The van der Waals surface area contributed by atoms with Gasteiger partial charge in [0.25, 0.3) is 0 Å². The SMILES string of the molecule is CCOC(=O)c1cnn(-c2ncc(F)cc2C)c1C. The maximum absolute atomic E-state index is 13.0. The molecule has 5 nitrogen and oxygen atoms in total. The Hall–Kier alpha value is -2.24. The molecule has 2 aromatic rings. The van der Waals surface area contributed by atoms with E-state index in [1.807, 2.05) is 0 Å². The summed E-state index contributed by atoms with van der Waals surface area (Å²) in [5.74, 6) is -0.336. The number of esters is 1. The first-order chi connectivity index (χ1) is 9.04. The minimum absolute atomic E-state index is 0.303. The van der Waals surface area contributed by atoms with Gasteiger partial charge in [-0.05, 0) is 32.4 Å². The molecule has 2 rings (SSSR count). The quantitative estimate of drug-likeness (QED) is 0.796. The lowest BCUT2D eigenvalue weighted by molar-refractivity contribution is 0.0525. The molecule has 0 bridgehead atoms. The number of nitrogens with zero attached hydrogens (tertiary/aromatic N) is 3. The standard InChI is InChI=1S/C13H14FN3O2/c1-4-19-13(18)11-7-16-17(9(11)3)12-8(2)5-10(14)6-15-12/h5-7H,4H2,1-3H3. The lowest BCUT2D eigenvalue weighted by Gasteiger charge is -2.07. The summed E-state index contributed by atoms with van der Waals surface area (Å²) in [6.45, 7) is 5.51. The maximum Gasteiger partial charge on any atom is 0.341 e. The second kappa shape index (κ2) is 5.17. The van der Waals surface area contributed by atoms with Crippen molar-refractivity contribution in [1.82, 2.24) is 14.8 Å². The highest BCUT2D eigenvalue weighted by molar-refractivity contribution is 5.90. The number of hydrogen-bond acceptors (Lipinski definition) is 4. The Morgan fingerprint density at radius 2 is 2.16 bits per heavy atom. The van der Waals surface area contributed by atoms with E-state index in [1.165, 1.54) is 16.9 Å². The van der Waals surface area contributed by atoms with Gasteiger partial charge in [-0.25, -0.2) is 18.9 Å². The summed E-state index contributed by atoms with van der Waals surface area (Å²) in [7, 11) is 0. The molecular formula is C13H14FN3O2. The Morgan fingerprint density at radius 1 is 1.42 bits per heavy atom. The van der Waals surface area contributed by atoms with E-state index in [0.717, 1.165) is 6.20 Å². The smallest absolute Gasteiger partial charge is 0.341 e. The molecule has 2 heterocycles. The molecule has 0 atom stereocenters. The van der Waals surface area contributed by atoms with E-state index in [9.17, 15) is 9.18 Å². The molecule has 2 aromatic heterocycles. The van der Waals surface area contributed by atoms with Crippen molar-refractivity contribution in [2.24, 2.45) is 0 Å². The van der Waals surface area contributed by atoms with Gasteiger partial charge in [-0.3, -0.25) is 0 Å². The molecule has 0 amide bonds. The molecule has 0 aromatic carbocycles. The van der Waals surface area contributed by atoms with Gasteiger partial charge < -0.3 is 4.74 Å². The van der Waals surface area contributed by atoms with Gasteiger partial charge in [0, 0.05) is 0 Å². The molecule has 0 N–H and O–H groups in total. The van der Waals surface area contributed by atoms with Crippen LogP contribution in [0.2, 0.25) is 0 Å². The third-order valence-corrected chi connectivity index (χ3v) is 2.72. The summed E-state index contributed by atoms with van der Waals surface area (Å²) < 4.78 is 19.5. The van der Waals surface area contributed by atoms with Crippen molar-refractivity contribution in [3.8, 4) is 5.82 Å². The van der Waals surface area contributed by atoms with Crippen LogP contribution in [0.1, 0.15) is 28.5 Å².